The summed E-state index contributed by atoms with van der Waals surface area (Å²) in [5, 5.41) is 6.21. The van der Waals surface area contributed by atoms with E-state index in [2.05, 4.69) is 46.7 Å². The number of nitrogens with one attached hydrogen (secondary N) is 2. The van der Waals surface area contributed by atoms with Gasteiger partial charge >= 0.3 is 0 Å². The van der Waals surface area contributed by atoms with E-state index < -0.39 is 0 Å². The van der Waals surface area contributed by atoms with E-state index in [0.29, 0.717) is 11.3 Å². The number of hydrogen-bond acceptors (Lipinski definition) is 4. The van der Waals surface area contributed by atoms with Gasteiger partial charge in [-0.15, -0.1) is 0 Å². The van der Waals surface area contributed by atoms with Gasteiger partial charge in [-0.2, -0.15) is 0 Å². The van der Waals surface area contributed by atoms with E-state index in [4.69, 9.17) is 0 Å². The molecule has 2 aromatic rings. The predicted octanol–water partition coefficient (Wildman–Crippen LogP) is 2.92. The first-order chi connectivity index (χ1) is 13.1. The zero-order chi connectivity index (χ0) is 18.3. The van der Waals surface area contributed by atoms with Gasteiger partial charge in [0.25, 0.3) is 11.8 Å². The van der Waals surface area contributed by atoms with Gasteiger partial charge in [0.1, 0.15) is 5.70 Å². The van der Waals surface area contributed by atoms with Crippen LogP contribution in [0.1, 0.15) is 40.6 Å². The lowest BCUT2D eigenvalue weighted by Gasteiger charge is -2.33. The number of para-hydroxylation sites is 1. The molecule has 5 nitrogen and oxygen atoms in total. The highest BCUT2D eigenvalue weighted by Gasteiger charge is 2.49. The molecule has 6 rings (SSSR count). The second-order valence-electron chi connectivity index (χ2n) is 7.85. The lowest BCUT2D eigenvalue weighted by atomic mass is 9.83. The molecule has 4 aliphatic heterocycles. The lowest BCUT2D eigenvalue weighted by Crippen LogP contribution is -2.35. The summed E-state index contributed by atoms with van der Waals surface area (Å²) in [6.45, 7) is 2.89. The zero-order valence-corrected chi connectivity index (χ0v) is 15.0. The molecule has 0 spiro atoms. The second kappa shape index (κ2) is 5.00. The minimum Gasteiger partial charge on any atom is -0.377 e. The summed E-state index contributed by atoms with van der Waals surface area (Å²) in [6.07, 6.45) is 1.98. The van der Waals surface area contributed by atoms with Crippen molar-refractivity contribution in [3.8, 4) is 0 Å². The molecule has 5 heteroatoms. The van der Waals surface area contributed by atoms with Crippen LogP contribution < -0.4 is 15.5 Å². The molecule has 0 fully saturated rings. The van der Waals surface area contributed by atoms with Crippen molar-refractivity contribution in [1.29, 1.82) is 0 Å². The number of benzene rings is 2. The Morgan fingerprint density at radius 1 is 1.07 bits per heavy atom. The third-order valence-electron chi connectivity index (χ3n) is 6.26. The Kier molecular flexibility index (Phi) is 2.78. The molecule has 2 aromatic carbocycles. The Hall–Kier alpha value is -3.08. The van der Waals surface area contributed by atoms with E-state index in [9.17, 15) is 9.59 Å². The molecule has 0 bridgehead atoms. The van der Waals surface area contributed by atoms with E-state index in [-0.39, 0.29) is 23.8 Å². The smallest absolute Gasteiger partial charge is 0.275 e. The van der Waals surface area contributed by atoms with Crippen molar-refractivity contribution in [2.45, 2.75) is 31.7 Å². The number of carbonyl (C=O) groups excluding carboxylic acids is 2. The lowest BCUT2D eigenvalue weighted by molar-refractivity contribution is -0.124. The van der Waals surface area contributed by atoms with Gasteiger partial charge < -0.3 is 10.2 Å². The molecule has 27 heavy (non-hydrogen) atoms. The molecule has 2 amide bonds. The largest absolute Gasteiger partial charge is 0.377 e. The third-order valence-corrected chi connectivity index (χ3v) is 6.26. The highest BCUT2D eigenvalue weighted by Crippen LogP contribution is 2.55. The van der Waals surface area contributed by atoms with Gasteiger partial charge in [-0.1, -0.05) is 35.9 Å². The fraction of sp³-hybridized carbons (Fsp3) is 0.273. The van der Waals surface area contributed by atoms with E-state index in [1.165, 1.54) is 16.7 Å². The topological polar surface area (TPSA) is 61.4 Å². The number of rotatable bonds is 0. The maximum atomic E-state index is 12.9. The average Bonchev–Trinajstić information content (AvgIpc) is 3.12. The van der Waals surface area contributed by atoms with E-state index >= 15 is 0 Å². The maximum absolute atomic E-state index is 12.9. The minimum atomic E-state index is -0.264. The second-order valence-corrected chi connectivity index (χ2v) is 7.85. The van der Waals surface area contributed by atoms with Gasteiger partial charge in [0.05, 0.1) is 11.6 Å². The number of imide groups is 1. The summed E-state index contributed by atoms with van der Waals surface area (Å²) < 4.78 is 0. The molecule has 2 unspecified atom stereocenters. The van der Waals surface area contributed by atoms with E-state index in [1.54, 1.807) is 0 Å². The molecule has 0 aliphatic carbocycles. The Labute approximate surface area is 157 Å². The number of aryl methyl sites for hydroxylation is 2. The minimum absolute atomic E-state index is 0.0409. The molecular weight excluding hydrogens is 338 g/mol. The van der Waals surface area contributed by atoms with Crippen LogP contribution in [0.25, 0.3) is 0 Å². The summed E-state index contributed by atoms with van der Waals surface area (Å²) in [5.41, 5.74) is 8.12. The SMILES string of the molecule is Cc1cc2c3c(c1)C1Nc4ccccc4C1C1=C(C(=O)NC1=O)N3CCC2. The van der Waals surface area contributed by atoms with Crippen molar-refractivity contribution in [3.05, 3.63) is 69.9 Å². The third kappa shape index (κ3) is 1.84. The average molecular weight is 357 g/mol. The number of fused-ring (bicyclic) bond motifs is 6. The Bertz CT molecular complexity index is 1080. The van der Waals surface area contributed by atoms with Crippen LogP contribution in [0, 0.1) is 6.92 Å². The van der Waals surface area contributed by atoms with Gasteiger partial charge in [0, 0.05) is 23.8 Å². The highest BCUT2D eigenvalue weighted by molar-refractivity contribution is 6.22. The number of anilines is 2. The summed E-state index contributed by atoms with van der Waals surface area (Å²) in [5.74, 6) is -0.668. The molecule has 0 aromatic heterocycles. The van der Waals surface area contributed by atoms with Crippen molar-refractivity contribution in [2.75, 3.05) is 16.8 Å². The van der Waals surface area contributed by atoms with Gasteiger partial charge in [-0.25, -0.2) is 0 Å². The number of nitrogens with zero attached hydrogens (tertiary/aromatic N) is 1. The normalized spacial score (nSPS) is 24.6. The fourth-order valence-corrected chi connectivity index (χ4v) is 5.33. The van der Waals surface area contributed by atoms with Crippen LogP contribution in [-0.4, -0.2) is 18.4 Å². The summed E-state index contributed by atoms with van der Waals surface area (Å²) in [6, 6.07) is 12.5. The first-order valence-corrected chi connectivity index (χ1v) is 9.50. The standard InChI is InChI=1S/C22H19N3O2/c1-11-9-12-5-4-8-25-19(12)14(10-11)18-16(13-6-2-3-7-15(13)23-18)17-20(25)22(27)24-21(17)26/h2-3,6-7,9-10,16,18,23H,4-5,8H2,1H3,(H,24,26,27). The Balaban J connectivity index is 1.72. The van der Waals surface area contributed by atoms with Gasteiger partial charge in [0.2, 0.25) is 0 Å². The van der Waals surface area contributed by atoms with Gasteiger partial charge in [0.15, 0.2) is 0 Å². The quantitative estimate of drug-likeness (QED) is 0.712. The number of hydrogen-bond donors (Lipinski definition) is 2. The summed E-state index contributed by atoms with van der Waals surface area (Å²) in [7, 11) is 0. The van der Waals surface area contributed by atoms with Crippen LogP contribution in [0.5, 0.6) is 0 Å². The van der Waals surface area contributed by atoms with Crippen molar-refractivity contribution >= 4 is 23.2 Å². The molecular formula is C22H19N3O2. The first-order valence-electron chi connectivity index (χ1n) is 9.50. The molecule has 0 saturated carbocycles. The van der Waals surface area contributed by atoms with Crippen molar-refractivity contribution in [2.24, 2.45) is 0 Å². The molecule has 4 heterocycles. The summed E-state index contributed by atoms with van der Waals surface area (Å²) >= 11 is 0. The van der Waals surface area contributed by atoms with E-state index in [0.717, 1.165) is 36.3 Å². The molecule has 4 aliphatic rings. The van der Waals surface area contributed by atoms with Gasteiger partial charge in [-0.3, -0.25) is 14.9 Å². The Morgan fingerprint density at radius 3 is 2.81 bits per heavy atom. The van der Waals surface area contributed by atoms with Crippen molar-refractivity contribution in [1.82, 2.24) is 5.32 Å². The monoisotopic (exact) mass is 357 g/mol. The predicted molar refractivity (Wildman–Crippen MR) is 103 cm³/mol. The maximum Gasteiger partial charge on any atom is 0.275 e. The van der Waals surface area contributed by atoms with E-state index in [1.807, 2.05) is 12.1 Å². The van der Waals surface area contributed by atoms with Crippen LogP contribution in [0.15, 0.2) is 47.7 Å². The zero-order valence-electron chi connectivity index (χ0n) is 15.0. The molecule has 134 valence electrons. The Morgan fingerprint density at radius 2 is 1.93 bits per heavy atom. The van der Waals surface area contributed by atoms with Crippen LogP contribution in [-0.2, 0) is 16.0 Å². The van der Waals surface area contributed by atoms with Crippen molar-refractivity contribution < 1.29 is 9.59 Å². The van der Waals surface area contributed by atoms with Crippen LogP contribution >= 0.6 is 0 Å². The summed E-state index contributed by atoms with van der Waals surface area (Å²) in [4.78, 5) is 27.8. The molecule has 0 radical (unpaired) electrons. The van der Waals surface area contributed by atoms with Crippen LogP contribution in [0.2, 0.25) is 0 Å². The first kappa shape index (κ1) is 15.0. The molecule has 2 atom stereocenters. The van der Waals surface area contributed by atoms with Gasteiger partial charge in [-0.05, 0) is 42.5 Å². The van der Waals surface area contributed by atoms with Crippen LogP contribution in [0.3, 0.4) is 0 Å². The number of carbonyl (C=O) groups is 2. The van der Waals surface area contributed by atoms with Crippen molar-refractivity contribution in [3.63, 3.8) is 0 Å². The molecule has 2 N–H and O–H groups in total. The van der Waals surface area contributed by atoms with Crippen LogP contribution in [0.4, 0.5) is 11.4 Å². The molecule has 0 saturated heterocycles. The highest BCUT2D eigenvalue weighted by atomic mass is 16.2. The number of amides is 2. The fourth-order valence-electron chi connectivity index (χ4n) is 5.33.